The normalized spacial score (nSPS) is 21.2. The second kappa shape index (κ2) is 5.93. The molecule has 1 heterocycles. The second-order valence-electron chi connectivity index (χ2n) is 5.57. The highest BCUT2D eigenvalue weighted by Gasteiger charge is 2.30. The van der Waals surface area contributed by atoms with Gasteiger partial charge >= 0.3 is 0 Å². The van der Waals surface area contributed by atoms with Gasteiger partial charge in [-0.3, -0.25) is 4.79 Å². The maximum Gasteiger partial charge on any atom is 0.239 e. The van der Waals surface area contributed by atoms with E-state index >= 15 is 0 Å². The van der Waals surface area contributed by atoms with E-state index in [1.165, 1.54) is 24.0 Å². The zero-order chi connectivity index (χ0) is 12.5. The van der Waals surface area contributed by atoms with Crippen molar-refractivity contribution in [2.45, 2.75) is 31.8 Å². The Balaban J connectivity index is 0.00000133. The molecule has 1 aromatic rings. The van der Waals surface area contributed by atoms with Gasteiger partial charge in [-0.15, -0.1) is 12.4 Å². The number of rotatable bonds is 3. The van der Waals surface area contributed by atoms with Gasteiger partial charge in [0.25, 0.3) is 0 Å². The number of hydrogen-bond acceptors (Lipinski definition) is 2. The maximum absolute atomic E-state index is 12.3. The summed E-state index contributed by atoms with van der Waals surface area (Å²) >= 11 is 0. The molecule has 0 bridgehead atoms. The van der Waals surface area contributed by atoms with Crippen LogP contribution in [0, 0.1) is 5.92 Å². The molecule has 0 spiro atoms. The highest BCUT2D eigenvalue weighted by atomic mass is 35.5. The number of benzene rings is 1. The number of carbonyl (C=O) groups excluding carboxylic acids is 1. The maximum atomic E-state index is 12.3. The Bertz CT molecular complexity index is 459. The van der Waals surface area contributed by atoms with E-state index in [4.69, 9.17) is 0 Å². The van der Waals surface area contributed by atoms with E-state index in [2.05, 4.69) is 29.6 Å². The van der Waals surface area contributed by atoms with Crippen molar-refractivity contribution in [3.63, 3.8) is 0 Å². The van der Waals surface area contributed by atoms with E-state index in [1.54, 1.807) is 0 Å². The summed E-state index contributed by atoms with van der Waals surface area (Å²) in [5.41, 5.74) is 2.64. The summed E-state index contributed by atoms with van der Waals surface area (Å²) in [6.45, 7) is 1.74. The van der Waals surface area contributed by atoms with E-state index in [9.17, 15) is 4.79 Å². The molecule has 19 heavy (non-hydrogen) atoms. The summed E-state index contributed by atoms with van der Waals surface area (Å²) < 4.78 is 0. The van der Waals surface area contributed by atoms with Crippen molar-refractivity contribution in [1.82, 2.24) is 10.2 Å². The third-order valence-corrected chi connectivity index (χ3v) is 3.98. The van der Waals surface area contributed by atoms with Crippen molar-refractivity contribution < 1.29 is 4.79 Å². The van der Waals surface area contributed by atoms with Gasteiger partial charge in [0, 0.05) is 20.1 Å². The number of nitrogens with zero attached hydrogens (tertiary/aromatic N) is 1. The van der Waals surface area contributed by atoms with Gasteiger partial charge in [-0.25, -0.2) is 0 Å². The summed E-state index contributed by atoms with van der Waals surface area (Å²) in [6.07, 6.45) is 3.40. The van der Waals surface area contributed by atoms with Gasteiger partial charge in [-0.2, -0.15) is 0 Å². The summed E-state index contributed by atoms with van der Waals surface area (Å²) in [4.78, 5) is 14.2. The number of hydrogen-bond donors (Lipinski definition) is 1. The average Bonchev–Trinajstić information content (AvgIpc) is 3.21. The monoisotopic (exact) mass is 280 g/mol. The first-order valence-electron chi connectivity index (χ1n) is 6.79. The Morgan fingerprint density at radius 2 is 2.00 bits per heavy atom. The first-order valence-corrected chi connectivity index (χ1v) is 6.79. The average molecular weight is 281 g/mol. The molecule has 1 saturated carbocycles. The van der Waals surface area contributed by atoms with Crippen LogP contribution >= 0.6 is 12.4 Å². The Hall–Kier alpha value is -1.06. The number of fused-ring (bicyclic) bond motifs is 1. The van der Waals surface area contributed by atoms with Gasteiger partial charge in [0.15, 0.2) is 0 Å². The molecule has 1 atom stereocenters. The molecule has 0 saturated heterocycles. The Labute approximate surface area is 120 Å². The van der Waals surface area contributed by atoms with E-state index < -0.39 is 0 Å². The zero-order valence-electron chi connectivity index (χ0n) is 11.3. The van der Waals surface area contributed by atoms with Gasteiger partial charge in [0.05, 0.1) is 6.04 Å². The van der Waals surface area contributed by atoms with Crippen LogP contribution < -0.4 is 5.32 Å². The Morgan fingerprint density at radius 1 is 1.32 bits per heavy atom. The minimum Gasteiger partial charge on any atom is -0.344 e. The van der Waals surface area contributed by atoms with Crippen LogP contribution in [-0.4, -0.2) is 30.4 Å². The van der Waals surface area contributed by atoms with Crippen LogP contribution in [0.1, 0.15) is 24.0 Å². The summed E-state index contributed by atoms with van der Waals surface area (Å²) in [6, 6.07) is 8.35. The van der Waals surface area contributed by atoms with Crippen LogP contribution in [0.15, 0.2) is 24.3 Å². The van der Waals surface area contributed by atoms with Crippen LogP contribution in [0.4, 0.5) is 0 Å². The lowest BCUT2D eigenvalue weighted by atomic mass is 9.95. The van der Waals surface area contributed by atoms with E-state index in [0.717, 1.165) is 25.4 Å². The fourth-order valence-corrected chi connectivity index (χ4v) is 2.67. The molecule has 104 valence electrons. The molecule has 1 fully saturated rings. The van der Waals surface area contributed by atoms with Crippen molar-refractivity contribution in [3.05, 3.63) is 35.4 Å². The van der Waals surface area contributed by atoms with Crippen molar-refractivity contribution in [1.29, 1.82) is 0 Å². The number of amides is 1. The minimum atomic E-state index is -0.0383. The summed E-state index contributed by atoms with van der Waals surface area (Å²) in [7, 11) is 1.93. The van der Waals surface area contributed by atoms with Gasteiger partial charge in [-0.05, 0) is 36.3 Å². The Morgan fingerprint density at radius 3 is 2.68 bits per heavy atom. The highest BCUT2D eigenvalue weighted by Crippen LogP contribution is 2.29. The Kier molecular flexibility index (Phi) is 4.48. The standard InChI is InChI=1S/C15H20N2O.ClH/c1-17(10-11-6-7-11)15(18)14-8-12-4-2-3-5-13(12)9-16-14;/h2-5,11,14,16H,6-10H2,1H3;1H. The lowest BCUT2D eigenvalue weighted by molar-refractivity contribution is -0.132. The van der Waals surface area contributed by atoms with Crippen molar-refractivity contribution in [2.75, 3.05) is 13.6 Å². The molecule has 1 amide bonds. The first-order chi connectivity index (χ1) is 8.74. The van der Waals surface area contributed by atoms with Crippen LogP contribution in [0.2, 0.25) is 0 Å². The molecule has 2 aliphatic rings. The number of halogens is 1. The van der Waals surface area contributed by atoms with E-state index in [0.29, 0.717) is 0 Å². The van der Waals surface area contributed by atoms with Gasteiger partial charge < -0.3 is 10.2 Å². The number of likely N-dealkylation sites (N-methyl/N-ethyl adjacent to an activating group) is 1. The van der Waals surface area contributed by atoms with Crippen LogP contribution in [0.5, 0.6) is 0 Å². The summed E-state index contributed by atoms with van der Waals surface area (Å²) in [5.74, 6) is 1.01. The lowest BCUT2D eigenvalue weighted by Crippen LogP contribution is -2.48. The van der Waals surface area contributed by atoms with Gasteiger partial charge in [0.2, 0.25) is 5.91 Å². The van der Waals surface area contributed by atoms with Crippen molar-refractivity contribution in [3.8, 4) is 0 Å². The largest absolute Gasteiger partial charge is 0.344 e. The lowest BCUT2D eigenvalue weighted by Gasteiger charge is -2.29. The SMILES string of the molecule is CN(CC1CC1)C(=O)C1Cc2ccccc2CN1.Cl. The molecular weight excluding hydrogens is 260 g/mol. The van der Waals surface area contributed by atoms with Crippen molar-refractivity contribution in [2.24, 2.45) is 5.92 Å². The molecular formula is C15H21ClN2O. The van der Waals surface area contributed by atoms with Gasteiger partial charge in [0.1, 0.15) is 0 Å². The third kappa shape index (κ3) is 3.28. The second-order valence-corrected chi connectivity index (χ2v) is 5.57. The van der Waals surface area contributed by atoms with Crippen LogP contribution in [0.25, 0.3) is 0 Å². The van der Waals surface area contributed by atoms with Gasteiger partial charge in [-0.1, -0.05) is 24.3 Å². The van der Waals surface area contributed by atoms with Crippen LogP contribution in [0.3, 0.4) is 0 Å². The number of nitrogens with one attached hydrogen (secondary N) is 1. The third-order valence-electron chi connectivity index (χ3n) is 3.98. The minimum absolute atomic E-state index is 0. The molecule has 0 aromatic heterocycles. The fraction of sp³-hybridized carbons (Fsp3) is 0.533. The molecule has 4 heteroatoms. The van der Waals surface area contributed by atoms with Crippen LogP contribution in [-0.2, 0) is 17.8 Å². The molecule has 1 aliphatic heterocycles. The molecule has 0 radical (unpaired) electrons. The molecule has 3 nitrogen and oxygen atoms in total. The van der Waals surface area contributed by atoms with E-state index in [1.807, 2.05) is 11.9 Å². The van der Waals surface area contributed by atoms with Crippen molar-refractivity contribution >= 4 is 18.3 Å². The fourth-order valence-electron chi connectivity index (χ4n) is 2.67. The predicted molar refractivity (Wildman–Crippen MR) is 78.4 cm³/mol. The quantitative estimate of drug-likeness (QED) is 0.918. The predicted octanol–water partition coefficient (Wildman–Crippen LogP) is 1.99. The molecule has 1 aliphatic carbocycles. The molecule has 1 N–H and O–H groups in total. The van der Waals surface area contributed by atoms with E-state index in [-0.39, 0.29) is 24.4 Å². The molecule has 3 rings (SSSR count). The topological polar surface area (TPSA) is 32.3 Å². The summed E-state index contributed by atoms with van der Waals surface area (Å²) in [5, 5.41) is 3.36. The number of carbonyl (C=O) groups is 1. The molecule has 1 unspecified atom stereocenters. The zero-order valence-corrected chi connectivity index (χ0v) is 12.1. The smallest absolute Gasteiger partial charge is 0.239 e. The molecule has 1 aromatic carbocycles. The first kappa shape index (κ1) is 14.4. The highest BCUT2D eigenvalue weighted by molar-refractivity contribution is 5.85.